The summed E-state index contributed by atoms with van der Waals surface area (Å²) in [5, 5.41) is 3.58. The summed E-state index contributed by atoms with van der Waals surface area (Å²) in [4.78, 5) is 20.5. The maximum absolute atomic E-state index is 12.1. The van der Waals surface area contributed by atoms with Gasteiger partial charge in [0.15, 0.2) is 5.16 Å². The van der Waals surface area contributed by atoms with Crippen LogP contribution in [-0.2, 0) is 10.2 Å². The predicted molar refractivity (Wildman–Crippen MR) is 92.3 cm³/mol. The Balaban J connectivity index is 1.50. The van der Waals surface area contributed by atoms with Crippen molar-refractivity contribution in [3.63, 3.8) is 0 Å². The molecule has 2 aromatic rings. The molecule has 6 heteroatoms. The molecule has 0 saturated heterocycles. The minimum atomic E-state index is 0.000818. The third kappa shape index (κ3) is 4.01. The molecule has 23 heavy (non-hydrogen) atoms. The van der Waals surface area contributed by atoms with Crippen molar-refractivity contribution >= 4 is 23.5 Å². The van der Waals surface area contributed by atoms with Crippen LogP contribution in [0.2, 0.25) is 0 Å². The van der Waals surface area contributed by atoms with Gasteiger partial charge in [-0.05, 0) is 25.3 Å². The quantitative estimate of drug-likeness (QED) is 0.628. The fraction of sp³-hybridized carbons (Fsp3) is 0.353. The first kappa shape index (κ1) is 15.8. The van der Waals surface area contributed by atoms with Gasteiger partial charge in [0.2, 0.25) is 5.91 Å². The van der Waals surface area contributed by atoms with E-state index in [1.807, 2.05) is 25.1 Å². The van der Waals surface area contributed by atoms with Crippen molar-refractivity contribution < 1.29 is 4.79 Å². The van der Waals surface area contributed by atoms with Crippen LogP contribution in [0.25, 0.3) is 0 Å². The highest BCUT2D eigenvalue weighted by Crippen LogP contribution is 2.47. The van der Waals surface area contributed by atoms with Crippen LogP contribution in [0.5, 0.6) is 0 Å². The highest BCUT2D eigenvalue weighted by atomic mass is 32.2. The number of aryl methyl sites for hydroxylation is 1. The lowest BCUT2D eigenvalue weighted by molar-refractivity contribution is -0.118. The van der Waals surface area contributed by atoms with E-state index in [1.54, 1.807) is 6.07 Å². The Morgan fingerprint density at radius 1 is 1.30 bits per heavy atom. The zero-order valence-corrected chi connectivity index (χ0v) is 13.9. The Kier molecular flexibility index (Phi) is 4.52. The first-order chi connectivity index (χ1) is 11.1. The van der Waals surface area contributed by atoms with E-state index in [0.717, 1.165) is 18.5 Å². The zero-order chi connectivity index (χ0) is 16.3. The standard InChI is InChI=1S/C17H20N4OS/c1-12-9-14(18)21-16(20-12)23-10-15(22)19-11-17(7-8-17)13-5-3-2-4-6-13/h2-6,9H,7-8,10-11H2,1H3,(H,19,22)(H2,18,20,21). The average Bonchev–Trinajstić information content (AvgIpc) is 3.32. The number of benzene rings is 1. The van der Waals surface area contributed by atoms with Crippen molar-refractivity contribution in [3.05, 3.63) is 47.7 Å². The topological polar surface area (TPSA) is 80.9 Å². The van der Waals surface area contributed by atoms with E-state index in [2.05, 4.69) is 27.4 Å². The molecule has 1 saturated carbocycles. The van der Waals surface area contributed by atoms with Crippen molar-refractivity contribution in [1.82, 2.24) is 15.3 Å². The van der Waals surface area contributed by atoms with Crippen molar-refractivity contribution in [2.45, 2.75) is 30.3 Å². The summed E-state index contributed by atoms with van der Waals surface area (Å²) < 4.78 is 0. The monoisotopic (exact) mass is 328 g/mol. The summed E-state index contributed by atoms with van der Waals surface area (Å²) in [6.07, 6.45) is 2.25. The molecule has 1 amide bonds. The van der Waals surface area contributed by atoms with Crippen LogP contribution in [0.1, 0.15) is 24.1 Å². The fourth-order valence-electron chi connectivity index (χ4n) is 2.59. The Labute approximate surface area is 140 Å². The van der Waals surface area contributed by atoms with E-state index in [-0.39, 0.29) is 11.3 Å². The molecule has 3 N–H and O–H groups in total. The highest BCUT2D eigenvalue weighted by molar-refractivity contribution is 7.99. The van der Waals surface area contributed by atoms with E-state index in [1.165, 1.54) is 17.3 Å². The van der Waals surface area contributed by atoms with E-state index < -0.39 is 0 Å². The van der Waals surface area contributed by atoms with Gasteiger partial charge in [-0.3, -0.25) is 4.79 Å². The second kappa shape index (κ2) is 6.58. The number of amides is 1. The summed E-state index contributed by atoms with van der Waals surface area (Å²) in [6.45, 7) is 2.55. The zero-order valence-electron chi connectivity index (χ0n) is 13.1. The number of thioether (sulfide) groups is 1. The molecule has 0 unspecified atom stereocenters. The number of anilines is 1. The number of nitrogens with zero attached hydrogens (tertiary/aromatic N) is 2. The summed E-state index contributed by atoms with van der Waals surface area (Å²) in [5.74, 6) is 0.732. The molecule has 0 bridgehead atoms. The molecule has 1 aliphatic carbocycles. The molecule has 120 valence electrons. The average molecular weight is 328 g/mol. The molecular weight excluding hydrogens is 308 g/mol. The second-order valence-electron chi connectivity index (χ2n) is 5.93. The third-order valence-electron chi connectivity index (χ3n) is 4.05. The Morgan fingerprint density at radius 2 is 2.04 bits per heavy atom. The van der Waals surface area contributed by atoms with Gasteiger partial charge in [-0.2, -0.15) is 0 Å². The van der Waals surface area contributed by atoms with E-state index in [4.69, 9.17) is 5.73 Å². The van der Waals surface area contributed by atoms with Crippen molar-refractivity contribution in [1.29, 1.82) is 0 Å². The largest absolute Gasteiger partial charge is 0.384 e. The molecule has 1 aromatic carbocycles. The molecule has 5 nitrogen and oxygen atoms in total. The summed E-state index contributed by atoms with van der Waals surface area (Å²) in [7, 11) is 0. The van der Waals surface area contributed by atoms with Gasteiger partial charge in [0.05, 0.1) is 5.75 Å². The lowest BCUT2D eigenvalue weighted by Gasteiger charge is -2.16. The molecular formula is C17H20N4OS. The lowest BCUT2D eigenvalue weighted by Crippen LogP contribution is -2.33. The highest BCUT2D eigenvalue weighted by Gasteiger charge is 2.44. The fourth-order valence-corrected chi connectivity index (χ4v) is 3.33. The molecule has 1 heterocycles. The Morgan fingerprint density at radius 3 is 2.70 bits per heavy atom. The van der Waals surface area contributed by atoms with Crippen LogP contribution in [0, 0.1) is 6.92 Å². The van der Waals surface area contributed by atoms with Gasteiger partial charge in [-0.1, -0.05) is 42.1 Å². The van der Waals surface area contributed by atoms with Gasteiger partial charge >= 0.3 is 0 Å². The molecule has 0 radical (unpaired) electrons. The molecule has 3 rings (SSSR count). The number of nitrogens with one attached hydrogen (secondary N) is 1. The van der Waals surface area contributed by atoms with E-state index in [0.29, 0.717) is 23.3 Å². The van der Waals surface area contributed by atoms with Crippen molar-refractivity contribution in [3.8, 4) is 0 Å². The molecule has 0 atom stereocenters. The summed E-state index contributed by atoms with van der Waals surface area (Å²) in [5.41, 5.74) is 7.94. The minimum absolute atomic E-state index is 0.000818. The lowest BCUT2D eigenvalue weighted by atomic mass is 9.96. The first-order valence-electron chi connectivity index (χ1n) is 7.64. The molecule has 1 aromatic heterocycles. The Hall–Kier alpha value is -2.08. The van der Waals surface area contributed by atoms with Crippen LogP contribution >= 0.6 is 11.8 Å². The van der Waals surface area contributed by atoms with Crippen LogP contribution < -0.4 is 11.1 Å². The van der Waals surface area contributed by atoms with Gasteiger partial charge in [0.1, 0.15) is 5.82 Å². The second-order valence-corrected chi connectivity index (χ2v) is 6.87. The van der Waals surface area contributed by atoms with Gasteiger partial charge in [-0.15, -0.1) is 0 Å². The number of hydrogen-bond acceptors (Lipinski definition) is 5. The van der Waals surface area contributed by atoms with E-state index in [9.17, 15) is 4.79 Å². The van der Waals surface area contributed by atoms with Gasteiger partial charge < -0.3 is 11.1 Å². The maximum Gasteiger partial charge on any atom is 0.230 e. The van der Waals surface area contributed by atoms with Crippen LogP contribution in [-0.4, -0.2) is 28.2 Å². The predicted octanol–water partition coefficient (Wildman–Crippen LogP) is 2.31. The third-order valence-corrected chi connectivity index (χ3v) is 4.90. The summed E-state index contributed by atoms with van der Waals surface area (Å²) in [6, 6.07) is 12.1. The maximum atomic E-state index is 12.1. The van der Waals surface area contributed by atoms with E-state index >= 15 is 0 Å². The summed E-state index contributed by atoms with van der Waals surface area (Å²) >= 11 is 1.31. The first-order valence-corrected chi connectivity index (χ1v) is 8.62. The molecule has 0 aliphatic heterocycles. The molecule has 0 spiro atoms. The molecule has 1 fully saturated rings. The number of nitrogen functional groups attached to an aromatic ring is 1. The SMILES string of the molecule is Cc1cc(N)nc(SCC(=O)NCC2(c3ccccc3)CC2)n1. The van der Waals surface area contributed by atoms with Gasteiger partial charge in [-0.25, -0.2) is 9.97 Å². The number of hydrogen-bond donors (Lipinski definition) is 2. The van der Waals surface area contributed by atoms with Crippen molar-refractivity contribution in [2.24, 2.45) is 0 Å². The molecule has 1 aliphatic rings. The van der Waals surface area contributed by atoms with Crippen LogP contribution in [0.15, 0.2) is 41.6 Å². The van der Waals surface area contributed by atoms with Gasteiger partial charge in [0, 0.05) is 23.7 Å². The minimum Gasteiger partial charge on any atom is -0.384 e. The Bertz CT molecular complexity index is 681. The van der Waals surface area contributed by atoms with Crippen LogP contribution in [0.4, 0.5) is 5.82 Å². The van der Waals surface area contributed by atoms with Crippen LogP contribution in [0.3, 0.4) is 0 Å². The van der Waals surface area contributed by atoms with Gasteiger partial charge in [0.25, 0.3) is 0 Å². The van der Waals surface area contributed by atoms with Crippen molar-refractivity contribution in [2.75, 3.05) is 18.0 Å². The normalized spacial score (nSPS) is 15.2. The number of carbonyl (C=O) groups excluding carboxylic acids is 1. The smallest absolute Gasteiger partial charge is 0.230 e. The number of nitrogens with two attached hydrogens (primary N) is 1. The number of rotatable bonds is 6. The number of carbonyl (C=O) groups is 1. The number of aromatic nitrogens is 2.